The van der Waals surface area contributed by atoms with Gasteiger partial charge in [0.2, 0.25) is 0 Å². The van der Waals surface area contributed by atoms with Crippen molar-refractivity contribution in [2.75, 3.05) is 0 Å². The van der Waals surface area contributed by atoms with E-state index in [9.17, 15) is 35.2 Å². The maximum absolute atomic E-state index is 13.1. The van der Waals surface area contributed by atoms with Crippen LogP contribution in [-0.4, -0.2) is 35.5 Å². The van der Waals surface area contributed by atoms with Gasteiger partial charge in [-0.1, -0.05) is 5.21 Å². The van der Waals surface area contributed by atoms with Crippen LogP contribution in [0.3, 0.4) is 0 Å². The number of hydrogen-bond donors (Lipinski definition) is 1. The number of hydrogen-bond acceptors (Lipinski definition) is 5. The molecule has 136 valence electrons. The standard InChI is InChI=1S/C12H9F5N4O3S/c13-7-3-8(14)5-9(4-7)25(23,24)19-11(22)10-6-21(20-18-10)2-1-12(15,16)17/h3-6H,1-2H2,(H,19,22). The molecule has 1 aromatic carbocycles. The van der Waals surface area contributed by atoms with Crippen molar-refractivity contribution in [2.45, 2.75) is 24.0 Å². The molecular weight excluding hydrogens is 375 g/mol. The zero-order valence-corrected chi connectivity index (χ0v) is 12.9. The SMILES string of the molecule is O=C(NS(=O)(=O)c1cc(F)cc(F)c1)c1cn(CCC(F)(F)F)nn1. The van der Waals surface area contributed by atoms with Crippen LogP contribution in [0.4, 0.5) is 22.0 Å². The third kappa shape index (κ3) is 5.20. The van der Waals surface area contributed by atoms with Crippen molar-refractivity contribution < 1.29 is 35.2 Å². The van der Waals surface area contributed by atoms with E-state index >= 15 is 0 Å². The molecule has 0 saturated carbocycles. The van der Waals surface area contributed by atoms with Crippen LogP contribution in [-0.2, 0) is 16.6 Å². The minimum absolute atomic E-state index is 0.438. The predicted molar refractivity (Wildman–Crippen MR) is 71.7 cm³/mol. The van der Waals surface area contributed by atoms with Gasteiger partial charge in [-0.15, -0.1) is 5.10 Å². The Hall–Kier alpha value is -2.57. The van der Waals surface area contributed by atoms with E-state index in [1.54, 1.807) is 0 Å². The Balaban J connectivity index is 2.12. The van der Waals surface area contributed by atoms with Crippen molar-refractivity contribution >= 4 is 15.9 Å². The third-order valence-corrected chi connectivity index (χ3v) is 4.08. The number of aryl methyl sites for hydroxylation is 1. The molecular formula is C12H9F5N4O3S. The van der Waals surface area contributed by atoms with Crippen LogP contribution in [0.5, 0.6) is 0 Å². The van der Waals surface area contributed by atoms with Crippen molar-refractivity contribution in [3.8, 4) is 0 Å². The van der Waals surface area contributed by atoms with E-state index in [2.05, 4.69) is 10.3 Å². The molecule has 1 N–H and O–H groups in total. The van der Waals surface area contributed by atoms with Gasteiger partial charge in [-0.05, 0) is 12.1 Å². The van der Waals surface area contributed by atoms with Crippen LogP contribution in [0, 0.1) is 11.6 Å². The number of alkyl halides is 3. The van der Waals surface area contributed by atoms with E-state index < -0.39 is 57.3 Å². The molecule has 0 atom stereocenters. The van der Waals surface area contributed by atoms with Crippen LogP contribution in [0.15, 0.2) is 29.3 Å². The molecule has 0 bridgehead atoms. The fourth-order valence-corrected chi connectivity index (χ4v) is 2.67. The number of carbonyl (C=O) groups excluding carboxylic acids is 1. The fourth-order valence-electron chi connectivity index (χ4n) is 1.67. The van der Waals surface area contributed by atoms with Gasteiger partial charge in [0.05, 0.1) is 24.1 Å². The predicted octanol–water partition coefficient (Wildman–Crippen LogP) is 1.63. The number of amides is 1. The van der Waals surface area contributed by atoms with Crippen molar-refractivity contribution in [3.05, 3.63) is 41.7 Å². The average molecular weight is 384 g/mol. The zero-order chi connectivity index (χ0) is 18.8. The molecule has 0 spiro atoms. The summed E-state index contributed by atoms with van der Waals surface area (Å²) in [4.78, 5) is 11.0. The smallest absolute Gasteiger partial charge is 0.266 e. The summed E-state index contributed by atoms with van der Waals surface area (Å²) < 4.78 is 88.5. The van der Waals surface area contributed by atoms with Crippen LogP contribution in [0.2, 0.25) is 0 Å². The average Bonchev–Trinajstić information content (AvgIpc) is 2.92. The molecule has 0 radical (unpaired) electrons. The van der Waals surface area contributed by atoms with E-state index in [-0.39, 0.29) is 0 Å². The van der Waals surface area contributed by atoms with E-state index in [0.29, 0.717) is 22.9 Å². The summed E-state index contributed by atoms with van der Waals surface area (Å²) in [7, 11) is -4.62. The van der Waals surface area contributed by atoms with Crippen LogP contribution < -0.4 is 4.72 Å². The van der Waals surface area contributed by atoms with Gasteiger partial charge in [0, 0.05) is 6.07 Å². The second kappa shape index (κ2) is 6.74. The highest BCUT2D eigenvalue weighted by Crippen LogP contribution is 2.20. The summed E-state index contributed by atoms with van der Waals surface area (Å²) in [5.41, 5.74) is -0.581. The molecule has 0 aliphatic rings. The van der Waals surface area contributed by atoms with E-state index in [1.165, 1.54) is 4.72 Å². The second-order valence-corrected chi connectivity index (χ2v) is 6.45. The van der Waals surface area contributed by atoms with E-state index in [0.717, 1.165) is 6.20 Å². The molecule has 25 heavy (non-hydrogen) atoms. The highest BCUT2D eigenvalue weighted by atomic mass is 32.2. The number of aromatic nitrogens is 3. The maximum Gasteiger partial charge on any atom is 0.390 e. The lowest BCUT2D eigenvalue weighted by molar-refractivity contribution is -0.137. The first-order valence-electron chi connectivity index (χ1n) is 6.46. The summed E-state index contributed by atoms with van der Waals surface area (Å²) in [6, 6.07) is 1.41. The van der Waals surface area contributed by atoms with Gasteiger partial charge in [0.25, 0.3) is 15.9 Å². The van der Waals surface area contributed by atoms with E-state index in [1.807, 2.05) is 0 Å². The number of nitrogens with one attached hydrogen (secondary N) is 1. The van der Waals surface area contributed by atoms with Crippen LogP contribution in [0.1, 0.15) is 16.9 Å². The molecule has 0 fully saturated rings. The normalized spacial score (nSPS) is 12.2. The first kappa shape index (κ1) is 18.8. The lowest BCUT2D eigenvalue weighted by atomic mass is 10.3. The molecule has 0 aliphatic carbocycles. The Morgan fingerprint density at radius 3 is 2.32 bits per heavy atom. The maximum atomic E-state index is 13.1. The molecule has 1 aromatic heterocycles. The first-order valence-corrected chi connectivity index (χ1v) is 7.95. The largest absolute Gasteiger partial charge is 0.390 e. The molecule has 7 nitrogen and oxygen atoms in total. The van der Waals surface area contributed by atoms with Gasteiger partial charge >= 0.3 is 6.18 Å². The first-order chi connectivity index (χ1) is 11.5. The molecule has 13 heteroatoms. The summed E-state index contributed by atoms with van der Waals surface area (Å²) >= 11 is 0. The number of halogens is 5. The lowest BCUT2D eigenvalue weighted by Gasteiger charge is -2.06. The Morgan fingerprint density at radius 2 is 1.76 bits per heavy atom. The van der Waals surface area contributed by atoms with E-state index in [4.69, 9.17) is 0 Å². The molecule has 2 aromatic rings. The number of carbonyl (C=O) groups is 1. The minimum Gasteiger partial charge on any atom is -0.266 e. The Kier molecular flexibility index (Phi) is 5.06. The van der Waals surface area contributed by atoms with Crippen molar-refractivity contribution in [1.82, 2.24) is 19.7 Å². The molecule has 0 saturated heterocycles. The fraction of sp³-hybridized carbons (Fsp3) is 0.250. The summed E-state index contributed by atoms with van der Waals surface area (Å²) in [6.07, 6.45) is -4.86. The Bertz CT molecular complexity index is 874. The Labute approximate surface area is 137 Å². The monoisotopic (exact) mass is 384 g/mol. The highest BCUT2D eigenvalue weighted by molar-refractivity contribution is 7.90. The Morgan fingerprint density at radius 1 is 1.16 bits per heavy atom. The van der Waals surface area contributed by atoms with Gasteiger partial charge in [-0.3, -0.25) is 9.48 Å². The topological polar surface area (TPSA) is 94.0 Å². The quantitative estimate of drug-likeness (QED) is 0.791. The second-order valence-electron chi connectivity index (χ2n) is 4.77. The minimum atomic E-state index is -4.62. The van der Waals surface area contributed by atoms with Crippen molar-refractivity contribution in [3.63, 3.8) is 0 Å². The van der Waals surface area contributed by atoms with Crippen LogP contribution >= 0.6 is 0 Å². The summed E-state index contributed by atoms with van der Waals surface area (Å²) in [5, 5.41) is 6.51. The number of sulfonamides is 1. The molecule has 2 rings (SSSR count). The lowest BCUT2D eigenvalue weighted by Crippen LogP contribution is -2.31. The van der Waals surface area contributed by atoms with Gasteiger partial charge in [-0.2, -0.15) is 13.2 Å². The number of benzene rings is 1. The third-order valence-electron chi connectivity index (χ3n) is 2.77. The molecule has 1 amide bonds. The molecule has 0 aliphatic heterocycles. The van der Waals surface area contributed by atoms with Crippen molar-refractivity contribution in [2.24, 2.45) is 0 Å². The highest BCUT2D eigenvalue weighted by Gasteiger charge is 2.27. The van der Waals surface area contributed by atoms with Crippen molar-refractivity contribution in [1.29, 1.82) is 0 Å². The number of rotatable bonds is 5. The molecule has 1 heterocycles. The van der Waals surface area contributed by atoms with Gasteiger partial charge in [0.1, 0.15) is 11.6 Å². The summed E-state index contributed by atoms with van der Waals surface area (Å²) in [5.74, 6) is -3.67. The number of nitrogens with zero attached hydrogens (tertiary/aromatic N) is 3. The van der Waals surface area contributed by atoms with Gasteiger partial charge < -0.3 is 0 Å². The zero-order valence-electron chi connectivity index (χ0n) is 12.1. The van der Waals surface area contributed by atoms with Gasteiger partial charge in [0.15, 0.2) is 5.69 Å². The molecule has 0 unspecified atom stereocenters. The van der Waals surface area contributed by atoms with Gasteiger partial charge in [-0.25, -0.2) is 21.9 Å². The van der Waals surface area contributed by atoms with Crippen LogP contribution in [0.25, 0.3) is 0 Å². The summed E-state index contributed by atoms with van der Waals surface area (Å²) in [6.45, 7) is -0.619.